The molecule has 1 fully saturated rings. The third-order valence-electron chi connectivity index (χ3n) is 5.90. The first kappa shape index (κ1) is 24.3. The third-order valence-corrected chi connectivity index (χ3v) is 7.34. The predicted octanol–water partition coefficient (Wildman–Crippen LogP) is 2.04. The van der Waals surface area contributed by atoms with Crippen LogP contribution in [-0.4, -0.2) is 86.3 Å². The Balaban J connectivity index is 1.86. The van der Waals surface area contributed by atoms with Gasteiger partial charge in [-0.1, -0.05) is 12.1 Å². The number of rotatable bonds is 9. The zero-order valence-corrected chi connectivity index (χ0v) is 20.4. The van der Waals surface area contributed by atoms with Crippen LogP contribution in [0.15, 0.2) is 47.4 Å². The number of likely N-dealkylation sites (N-methyl/N-ethyl adjacent to an activating group) is 1. The van der Waals surface area contributed by atoms with Crippen LogP contribution in [0.2, 0.25) is 0 Å². The minimum absolute atomic E-state index is 0.0689. The Morgan fingerprint density at radius 2 is 1.66 bits per heavy atom. The molecule has 0 radical (unpaired) electrons. The number of nitrogens with one attached hydrogen (secondary N) is 1. The molecular weight excluding hydrogens is 428 g/mol. The van der Waals surface area contributed by atoms with Crippen molar-refractivity contribution in [2.24, 2.45) is 0 Å². The van der Waals surface area contributed by atoms with E-state index in [9.17, 15) is 8.42 Å². The van der Waals surface area contributed by atoms with Gasteiger partial charge in [0.25, 0.3) is 0 Å². The highest BCUT2D eigenvalue weighted by molar-refractivity contribution is 7.89. The van der Waals surface area contributed by atoms with Gasteiger partial charge in [-0.25, -0.2) is 13.1 Å². The smallest absolute Gasteiger partial charge is 0.244 e. The zero-order chi connectivity index (χ0) is 23.3. The van der Waals surface area contributed by atoms with Gasteiger partial charge in [-0.05, 0) is 36.9 Å². The summed E-state index contributed by atoms with van der Waals surface area (Å²) in [7, 11) is 5.27. The van der Waals surface area contributed by atoms with Crippen LogP contribution >= 0.6 is 0 Å². The van der Waals surface area contributed by atoms with Crippen LogP contribution < -0.4 is 19.1 Å². The summed E-state index contributed by atoms with van der Waals surface area (Å²) in [5.74, 6) is 0.742. The van der Waals surface area contributed by atoms with Crippen molar-refractivity contribution >= 4 is 15.7 Å². The molecule has 0 bridgehead atoms. The molecule has 1 N–H and O–H groups in total. The molecule has 1 saturated heterocycles. The largest absolute Gasteiger partial charge is 0.497 e. The van der Waals surface area contributed by atoms with Gasteiger partial charge in [0.2, 0.25) is 10.0 Å². The fourth-order valence-electron chi connectivity index (χ4n) is 3.85. The minimum Gasteiger partial charge on any atom is -0.497 e. The summed E-state index contributed by atoms with van der Waals surface area (Å²) in [5.41, 5.74) is 2.19. The molecule has 8 nitrogen and oxygen atoms in total. The first-order valence-corrected chi connectivity index (χ1v) is 12.1. The van der Waals surface area contributed by atoms with E-state index in [-0.39, 0.29) is 23.2 Å². The number of benzene rings is 2. The standard InChI is InChI=1S/C23H34N4O4S/c1-25(2)19-8-6-18(7-9-19)21(27-14-12-26(3)13-15-27)17-24-32(28,29)23-16-20(30-4)10-11-22(23)31-5/h6-11,16,21,24H,12-15,17H2,1-5H3/t21-/m0/s1. The second-order valence-corrected chi connectivity index (χ2v) is 9.95. The van der Waals surface area contributed by atoms with E-state index >= 15 is 0 Å². The Morgan fingerprint density at radius 3 is 2.22 bits per heavy atom. The average molecular weight is 463 g/mol. The maximum atomic E-state index is 13.2. The van der Waals surface area contributed by atoms with Crippen LogP contribution in [-0.2, 0) is 10.0 Å². The summed E-state index contributed by atoms with van der Waals surface area (Å²) < 4.78 is 39.8. The van der Waals surface area contributed by atoms with Crippen molar-refractivity contribution in [1.29, 1.82) is 0 Å². The maximum Gasteiger partial charge on any atom is 0.244 e. The monoisotopic (exact) mass is 462 g/mol. The lowest BCUT2D eigenvalue weighted by Crippen LogP contribution is -2.48. The molecule has 3 rings (SSSR count). The summed E-state index contributed by atoms with van der Waals surface area (Å²) in [5, 5.41) is 0. The highest BCUT2D eigenvalue weighted by Gasteiger charge is 2.27. The fraction of sp³-hybridized carbons (Fsp3) is 0.478. The maximum absolute atomic E-state index is 13.2. The van der Waals surface area contributed by atoms with Crippen LogP contribution in [0.25, 0.3) is 0 Å². The van der Waals surface area contributed by atoms with Crippen molar-refractivity contribution in [3.8, 4) is 11.5 Å². The molecule has 0 unspecified atom stereocenters. The molecule has 0 saturated carbocycles. The molecule has 1 aliphatic rings. The normalized spacial score (nSPS) is 16.5. The summed E-state index contributed by atoms with van der Waals surface area (Å²) >= 11 is 0. The van der Waals surface area contributed by atoms with Crippen molar-refractivity contribution in [2.75, 3.05) is 73.0 Å². The van der Waals surface area contributed by atoms with Gasteiger partial charge in [0.1, 0.15) is 16.4 Å². The number of nitrogens with zero attached hydrogens (tertiary/aromatic N) is 3. The highest BCUT2D eigenvalue weighted by Crippen LogP contribution is 2.29. The Kier molecular flexibility index (Phi) is 8.00. The summed E-state index contributed by atoms with van der Waals surface area (Å²) in [4.78, 5) is 6.75. The van der Waals surface area contributed by atoms with E-state index < -0.39 is 10.0 Å². The van der Waals surface area contributed by atoms with Crippen LogP contribution in [0, 0.1) is 0 Å². The Bertz CT molecular complexity index is 988. The Hall–Kier alpha value is -2.33. The molecular formula is C23H34N4O4S. The molecule has 32 heavy (non-hydrogen) atoms. The molecule has 9 heteroatoms. The lowest BCUT2D eigenvalue weighted by molar-refractivity contribution is 0.113. The predicted molar refractivity (Wildman–Crippen MR) is 127 cm³/mol. The number of hydrogen-bond acceptors (Lipinski definition) is 7. The quantitative estimate of drug-likeness (QED) is 0.611. The van der Waals surface area contributed by atoms with E-state index in [1.165, 1.54) is 20.3 Å². The van der Waals surface area contributed by atoms with Gasteiger partial charge in [0.15, 0.2) is 0 Å². The summed E-state index contributed by atoms with van der Waals surface area (Å²) in [6, 6.07) is 13.0. The minimum atomic E-state index is -3.81. The molecule has 1 aliphatic heterocycles. The number of sulfonamides is 1. The molecule has 1 atom stereocenters. The van der Waals surface area contributed by atoms with Gasteiger partial charge in [-0.3, -0.25) is 4.90 Å². The molecule has 0 aliphatic carbocycles. The van der Waals surface area contributed by atoms with Crippen LogP contribution in [0.3, 0.4) is 0 Å². The van der Waals surface area contributed by atoms with Crippen LogP contribution in [0.4, 0.5) is 5.69 Å². The number of ether oxygens (including phenoxy) is 2. The SMILES string of the molecule is COc1ccc(OC)c(S(=O)(=O)NC[C@@H](c2ccc(N(C)C)cc2)N2CCN(C)CC2)c1. The van der Waals surface area contributed by atoms with Gasteiger partial charge < -0.3 is 19.3 Å². The highest BCUT2D eigenvalue weighted by atomic mass is 32.2. The number of anilines is 1. The van der Waals surface area contributed by atoms with Crippen LogP contribution in [0.1, 0.15) is 11.6 Å². The van der Waals surface area contributed by atoms with Crippen LogP contribution in [0.5, 0.6) is 11.5 Å². The van der Waals surface area contributed by atoms with Gasteiger partial charge in [-0.2, -0.15) is 0 Å². The fourth-order valence-corrected chi connectivity index (χ4v) is 5.07. The molecule has 0 aromatic heterocycles. The number of methoxy groups -OCH3 is 2. The second-order valence-electron chi connectivity index (χ2n) is 8.21. The Morgan fingerprint density at radius 1 is 1.00 bits per heavy atom. The topological polar surface area (TPSA) is 74.3 Å². The average Bonchev–Trinajstić information content (AvgIpc) is 2.80. The van der Waals surface area contributed by atoms with Gasteiger partial charge in [0.05, 0.1) is 14.2 Å². The molecule has 1 heterocycles. The van der Waals surface area contributed by atoms with Gasteiger partial charge >= 0.3 is 0 Å². The first-order chi connectivity index (χ1) is 15.2. The number of hydrogen-bond donors (Lipinski definition) is 1. The van der Waals surface area contributed by atoms with Crippen molar-refractivity contribution in [2.45, 2.75) is 10.9 Å². The van der Waals surface area contributed by atoms with Gasteiger partial charge in [-0.15, -0.1) is 0 Å². The van der Waals surface area contributed by atoms with Crippen molar-refractivity contribution in [3.05, 3.63) is 48.0 Å². The second kappa shape index (κ2) is 10.5. The molecule has 2 aromatic rings. The van der Waals surface area contributed by atoms with Gasteiger partial charge in [0, 0.05) is 64.6 Å². The molecule has 0 amide bonds. The van der Waals surface area contributed by atoms with Crippen molar-refractivity contribution < 1.29 is 17.9 Å². The van der Waals surface area contributed by atoms with Crippen molar-refractivity contribution in [3.63, 3.8) is 0 Å². The van der Waals surface area contributed by atoms with E-state index in [0.29, 0.717) is 5.75 Å². The van der Waals surface area contributed by atoms with E-state index in [1.54, 1.807) is 12.1 Å². The van der Waals surface area contributed by atoms with E-state index in [2.05, 4.69) is 45.8 Å². The zero-order valence-electron chi connectivity index (χ0n) is 19.5. The van der Waals surface area contributed by atoms with E-state index in [0.717, 1.165) is 37.4 Å². The van der Waals surface area contributed by atoms with Crippen molar-refractivity contribution in [1.82, 2.24) is 14.5 Å². The lowest BCUT2D eigenvalue weighted by Gasteiger charge is -2.38. The summed E-state index contributed by atoms with van der Waals surface area (Å²) in [6.45, 7) is 3.90. The van der Waals surface area contributed by atoms with E-state index in [1.807, 2.05) is 19.0 Å². The van der Waals surface area contributed by atoms with E-state index in [4.69, 9.17) is 9.47 Å². The first-order valence-electron chi connectivity index (χ1n) is 10.7. The molecule has 176 valence electrons. The molecule has 2 aromatic carbocycles. The third kappa shape index (κ3) is 5.72. The summed E-state index contributed by atoms with van der Waals surface area (Å²) in [6.07, 6.45) is 0. The lowest BCUT2D eigenvalue weighted by atomic mass is 10.0. The number of piperazine rings is 1. The molecule has 0 spiro atoms. The Labute approximate surface area is 191 Å².